The summed E-state index contributed by atoms with van der Waals surface area (Å²) in [6, 6.07) is 15.9. The summed E-state index contributed by atoms with van der Waals surface area (Å²) in [5.74, 6) is -0.473. The van der Waals surface area contributed by atoms with Crippen molar-refractivity contribution in [1.29, 1.82) is 0 Å². The van der Waals surface area contributed by atoms with Crippen LogP contribution in [-0.2, 0) is 14.3 Å². The van der Waals surface area contributed by atoms with E-state index >= 15 is 0 Å². The fourth-order valence-corrected chi connectivity index (χ4v) is 6.36. The van der Waals surface area contributed by atoms with Gasteiger partial charge in [-0.25, -0.2) is 0 Å². The van der Waals surface area contributed by atoms with E-state index in [2.05, 4.69) is 28.1 Å². The number of carbonyl (C=O) groups excluding carboxylic acids is 2. The minimum Gasteiger partial charge on any atom is -0.496 e. The zero-order valence-corrected chi connectivity index (χ0v) is 21.7. The Kier molecular flexibility index (Phi) is 6.92. The second-order valence-corrected chi connectivity index (χ2v) is 10.6. The molecule has 0 aromatic heterocycles. The molecule has 5 rings (SSSR count). The number of rotatable bonds is 5. The van der Waals surface area contributed by atoms with Crippen LogP contribution in [0.1, 0.15) is 68.4 Å². The van der Waals surface area contributed by atoms with Crippen molar-refractivity contribution >= 4 is 33.4 Å². The number of nitrogens with zero attached hydrogens (tertiary/aromatic N) is 1. The first kappa shape index (κ1) is 24.0. The highest BCUT2D eigenvalue weighted by atomic mass is 79.9. The maximum Gasteiger partial charge on any atom is 0.315 e. The standard InChI is InChI=1S/C29H30BrNO4/c1-17-26(29(33)35-21-10-6-7-11-21)27(19-12-13-25(34-2)22(30)14-19)28-23(31-17)15-20(16-24(28)32)18-8-4-3-5-9-18/h3-5,8-9,12-14,20-21,26-27H,6-7,10-11,15-16H2,1-2H3/t20-,26?,27+/m1/s1. The molecule has 3 aliphatic rings. The minimum absolute atomic E-state index is 0.0431. The van der Waals surface area contributed by atoms with Gasteiger partial charge in [0.25, 0.3) is 0 Å². The lowest BCUT2D eigenvalue weighted by Gasteiger charge is -2.37. The number of methoxy groups -OCH3 is 1. The van der Waals surface area contributed by atoms with E-state index < -0.39 is 11.8 Å². The summed E-state index contributed by atoms with van der Waals surface area (Å²) in [7, 11) is 1.62. The normalized spacial score (nSPS) is 24.7. The lowest BCUT2D eigenvalue weighted by molar-refractivity contribution is -0.151. The van der Waals surface area contributed by atoms with Crippen LogP contribution in [-0.4, -0.2) is 30.7 Å². The number of benzene rings is 2. The number of aliphatic imine (C=N–C) groups is 1. The molecule has 182 valence electrons. The van der Waals surface area contributed by atoms with Crippen LogP contribution in [0.2, 0.25) is 0 Å². The van der Waals surface area contributed by atoms with Crippen molar-refractivity contribution in [3.05, 3.63) is 75.4 Å². The Bertz CT molecular complexity index is 1200. The van der Waals surface area contributed by atoms with E-state index in [0.29, 0.717) is 29.9 Å². The van der Waals surface area contributed by atoms with Crippen LogP contribution in [0.15, 0.2) is 69.3 Å². The Morgan fingerprint density at radius 3 is 2.46 bits per heavy atom. The molecule has 3 atom stereocenters. The van der Waals surface area contributed by atoms with Crippen molar-refractivity contribution in [2.75, 3.05) is 7.11 Å². The Hall–Kier alpha value is -2.73. The largest absolute Gasteiger partial charge is 0.496 e. The summed E-state index contributed by atoms with van der Waals surface area (Å²) >= 11 is 3.59. The summed E-state index contributed by atoms with van der Waals surface area (Å²) in [5.41, 5.74) is 4.21. The number of carbonyl (C=O) groups is 2. The van der Waals surface area contributed by atoms with Crippen LogP contribution in [0.5, 0.6) is 5.75 Å². The average molecular weight is 536 g/mol. The molecule has 6 heteroatoms. The van der Waals surface area contributed by atoms with Crippen molar-refractivity contribution in [3.8, 4) is 5.75 Å². The van der Waals surface area contributed by atoms with Gasteiger partial charge in [0.2, 0.25) is 0 Å². The molecule has 35 heavy (non-hydrogen) atoms. The molecule has 0 N–H and O–H groups in total. The number of hydrogen-bond acceptors (Lipinski definition) is 5. The summed E-state index contributed by atoms with van der Waals surface area (Å²) in [4.78, 5) is 32.1. The number of allylic oxidation sites excluding steroid dienone is 2. The molecule has 1 unspecified atom stereocenters. The third-order valence-corrected chi connectivity index (χ3v) is 8.15. The molecule has 2 aliphatic carbocycles. The third-order valence-electron chi connectivity index (χ3n) is 7.53. The highest BCUT2D eigenvalue weighted by Crippen LogP contribution is 2.48. The SMILES string of the molecule is COc1ccc([C@@H]2C3=C(C[C@@H](c4ccccc4)CC3=O)N=C(C)C2C(=O)OC2CCCC2)cc1Br. The molecule has 1 heterocycles. The van der Waals surface area contributed by atoms with Gasteiger partial charge in [-0.2, -0.15) is 0 Å². The molecule has 0 amide bonds. The average Bonchev–Trinajstić information content (AvgIpc) is 3.36. The predicted octanol–water partition coefficient (Wildman–Crippen LogP) is 6.52. The van der Waals surface area contributed by atoms with Crippen LogP contribution >= 0.6 is 15.9 Å². The third kappa shape index (κ3) is 4.73. The maximum absolute atomic E-state index is 13.7. The topological polar surface area (TPSA) is 65.0 Å². The summed E-state index contributed by atoms with van der Waals surface area (Å²) in [6.07, 6.45) is 5.02. The fourth-order valence-electron chi connectivity index (χ4n) is 5.81. The van der Waals surface area contributed by atoms with E-state index in [9.17, 15) is 9.59 Å². The molecule has 2 aromatic carbocycles. The first-order valence-corrected chi connectivity index (χ1v) is 13.2. The highest BCUT2D eigenvalue weighted by molar-refractivity contribution is 9.10. The molecular formula is C29H30BrNO4. The maximum atomic E-state index is 13.7. The lowest BCUT2D eigenvalue weighted by atomic mass is 9.69. The molecule has 1 saturated carbocycles. The van der Waals surface area contributed by atoms with Crippen molar-refractivity contribution < 1.29 is 19.1 Å². The highest BCUT2D eigenvalue weighted by Gasteiger charge is 2.45. The molecule has 2 aromatic rings. The van der Waals surface area contributed by atoms with Gasteiger partial charge >= 0.3 is 5.97 Å². The first-order chi connectivity index (χ1) is 17.0. The van der Waals surface area contributed by atoms with Crippen molar-refractivity contribution in [2.45, 2.75) is 63.4 Å². The second kappa shape index (κ2) is 10.1. The number of Topliss-reactive ketones (excluding diaryl/α,β-unsaturated/α-hetero) is 1. The number of hydrogen-bond donors (Lipinski definition) is 0. The Labute approximate surface area is 214 Å². The van der Waals surface area contributed by atoms with Gasteiger partial charge in [0.15, 0.2) is 5.78 Å². The second-order valence-electron chi connectivity index (χ2n) is 9.75. The predicted molar refractivity (Wildman–Crippen MR) is 139 cm³/mol. The molecule has 0 saturated heterocycles. The van der Waals surface area contributed by atoms with Gasteiger partial charge in [0, 0.05) is 29.3 Å². The van der Waals surface area contributed by atoms with Crippen LogP contribution < -0.4 is 4.74 Å². The van der Waals surface area contributed by atoms with Gasteiger partial charge in [0.05, 0.1) is 11.6 Å². The summed E-state index contributed by atoms with van der Waals surface area (Å²) < 4.78 is 12.2. The summed E-state index contributed by atoms with van der Waals surface area (Å²) in [6.45, 7) is 1.90. The van der Waals surface area contributed by atoms with Crippen LogP contribution in [0.3, 0.4) is 0 Å². The molecule has 0 bridgehead atoms. The monoisotopic (exact) mass is 535 g/mol. The number of esters is 1. The van der Waals surface area contributed by atoms with Crippen molar-refractivity contribution in [2.24, 2.45) is 10.9 Å². The summed E-state index contributed by atoms with van der Waals surface area (Å²) in [5, 5.41) is 0. The minimum atomic E-state index is -0.619. The molecule has 0 radical (unpaired) electrons. The van der Waals surface area contributed by atoms with Gasteiger partial charge in [-0.3, -0.25) is 14.6 Å². The molecule has 0 spiro atoms. The Balaban J connectivity index is 1.56. The Morgan fingerprint density at radius 1 is 1.03 bits per heavy atom. The van der Waals surface area contributed by atoms with Gasteiger partial charge in [-0.1, -0.05) is 36.4 Å². The van der Waals surface area contributed by atoms with E-state index in [4.69, 9.17) is 14.5 Å². The van der Waals surface area contributed by atoms with Crippen LogP contribution in [0, 0.1) is 5.92 Å². The van der Waals surface area contributed by atoms with Gasteiger partial charge in [-0.15, -0.1) is 0 Å². The van der Waals surface area contributed by atoms with Gasteiger partial charge < -0.3 is 9.47 Å². The molecule has 1 aliphatic heterocycles. The van der Waals surface area contributed by atoms with Crippen LogP contribution in [0.4, 0.5) is 0 Å². The smallest absolute Gasteiger partial charge is 0.315 e. The number of ketones is 1. The van der Waals surface area contributed by atoms with Gasteiger partial charge in [0.1, 0.15) is 17.8 Å². The first-order valence-electron chi connectivity index (χ1n) is 12.4. The quantitative estimate of drug-likeness (QED) is 0.409. The number of halogens is 1. The fraction of sp³-hybridized carbons (Fsp3) is 0.414. The van der Waals surface area contributed by atoms with Crippen molar-refractivity contribution in [3.63, 3.8) is 0 Å². The molecular weight excluding hydrogens is 506 g/mol. The van der Waals surface area contributed by atoms with Crippen LogP contribution in [0.25, 0.3) is 0 Å². The Morgan fingerprint density at radius 2 is 1.77 bits per heavy atom. The number of ether oxygens (including phenoxy) is 2. The van der Waals surface area contributed by atoms with E-state index in [1.54, 1.807) is 7.11 Å². The van der Waals surface area contributed by atoms with E-state index in [-0.39, 0.29) is 23.8 Å². The molecule has 1 fully saturated rings. The zero-order valence-electron chi connectivity index (χ0n) is 20.1. The van der Waals surface area contributed by atoms with E-state index in [1.165, 1.54) is 0 Å². The zero-order chi connectivity index (χ0) is 24.5. The van der Waals surface area contributed by atoms with E-state index in [0.717, 1.165) is 47.0 Å². The van der Waals surface area contributed by atoms with Crippen molar-refractivity contribution in [1.82, 2.24) is 0 Å². The van der Waals surface area contributed by atoms with Gasteiger partial charge in [-0.05, 0) is 84.1 Å². The molecule has 5 nitrogen and oxygen atoms in total. The lowest BCUT2D eigenvalue weighted by Crippen LogP contribution is -2.39. The van der Waals surface area contributed by atoms with E-state index in [1.807, 2.05) is 43.3 Å².